The lowest BCUT2D eigenvalue weighted by Crippen LogP contribution is -2.31. The van der Waals surface area contributed by atoms with Crippen LogP contribution in [0, 0.1) is 0 Å². The zero-order chi connectivity index (χ0) is 13.9. The summed E-state index contributed by atoms with van der Waals surface area (Å²) in [6.45, 7) is 0.823. The van der Waals surface area contributed by atoms with Crippen LogP contribution in [-0.2, 0) is 4.79 Å². The molecule has 1 aliphatic heterocycles. The van der Waals surface area contributed by atoms with Crippen molar-refractivity contribution in [2.45, 2.75) is 12.5 Å². The molecular formula is C17H18N2O. The van der Waals surface area contributed by atoms with E-state index in [9.17, 15) is 4.79 Å². The number of likely N-dealkylation sites (N-methyl/N-ethyl adjacent to an activating group) is 1. The number of hydrogen-bond donors (Lipinski definition) is 1. The lowest BCUT2D eigenvalue weighted by molar-refractivity contribution is -0.127. The Bertz CT molecular complexity index is 609. The molecule has 1 unspecified atom stereocenters. The second-order valence-corrected chi connectivity index (χ2v) is 5.16. The van der Waals surface area contributed by atoms with Gasteiger partial charge in [0.25, 0.3) is 0 Å². The van der Waals surface area contributed by atoms with Crippen LogP contribution in [0.4, 0.5) is 5.69 Å². The number of para-hydroxylation sites is 1. The highest BCUT2D eigenvalue weighted by molar-refractivity contribution is 5.88. The Morgan fingerprint density at radius 1 is 1.05 bits per heavy atom. The topological polar surface area (TPSA) is 32.3 Å². The van der Waals surface area contributed by atoms with Crippen LogP contribution in [0.5, 0.6) is 0 Å². The number of carbonyl (C=O) groups excluding carboxylic acids is 1. The van der Waals surface area contributed by atoms with E-state index in [-0.39, 0.29) is 11.9 Å². The second-order valence-electron chi connectivity index (χ2n) is 5.16. The molecule has 3 rings (SSSR count). The summed E-state index contributed by atoms with van der Waals surface area (Å²) in [5.41, 5.74) is 3.32. The summed E-state index contributed by atoms with van der Waals surface area (Å²) in [6, 6.07) is 18.3. The van der Waals surface area contributed by atoms with Crippen molar-refractivity contribution >= 4 is 11.6 Å². The molecule has 102 valence electrons. The first kappa shape index (κ1) is 12.7. The molecule has 1 N–H and O–H groups in total. The fourth-order valence-corrected chi connectivity index (χ4v) is 2.62. The maximum atomic E-state index is 12.0. The number of rotatable bonds is 3. The lowest BCUT2D eigenvalue weighted by atomic mass is 10.0. The van der Waals surface area contributed by atoms with Crippen LogP contribution in [0.1, 0.15) is 6.42 Å². The van der Waals surface area contributed by atoms with Crippen molar-refractivity contribution in [3.63, 3.8) is 0 Å². The highest BCUT2D eigenvalue weighted by Gasteiger charge is 2.29. The van der Waals surface area contributed by atoms with E-state index in [0.29, 0.717) is 0 Å². The number of nitrogens with one attached hydrogen (secondary N) is 1. The number of anilines is 1. The zero-order valence-electron chi connectivity index (χ0n) is 11.5. The van der Waals surface area contributed by atoms with Gasteiger partial charge in [-0.1, -0.05) is 48.5 Å². The van der Waals surface area contributed by atoms with Gasteiger partial charge in [-0.15, -0.1) is 0 Å². The van der Waals surface area contributed by atoms with Gasteiger partial charge in [0.05, 0.1) is 0 Å². The molecule has 1 amide bonds. The normalized spacial score (nSPS) is 18.4. The Labute approximate surface area is 119 Å². The van der Waals surface area contributed by atoms with Gasteiger partial charge in [0.2, 0.25) is 5.91 Å². The number of nitrogens with zero attached hydrogens (tertiary/aromatic N) is 1. The summed E-state index contributed by atoms with van der Waals surface area (Å²) in [7, 11) is 1.85. The fourth-order valence-electron chi connectivity index (χ4n) is 2.62. The fraction of sp³-hybridized carbons (Fsp3) is 0.235. The van der Waals surface area contributed by atoms with Crippen molar-refractivity contribution in [2.75, 3.05) is 18.9 Å². The predicted molar refractivity (Wildman–Crippen MR) is 81.5 cm³/mol. The number of carbonyl (C=O) groups is 1. The predicted octanol–water partition coefficient (Wildman–Crippen LogP) is 3.00. The molecule has 1 heterocycles. The van der Waals surface area contributed by atoms with E-state index in [0.717, 1.165) is 29.8 Å². The van der Waals surface area contributed by atoms with Gasteiger partial charge in [-0.25, -0.2) is 0 Å². The van der Waals surface area contributed by atoms with Crippen molar-refractivity contribution in [3.05, 3.63) is 54.6 Å². The SMILES string of the molecule is CN1CCC(Nc2ccccc2-c2ccccc2)C1=O. The molecule has 20 heavy (non-hydrogen) atoms. The number of hydrogen-bond acceptors (Lipinski definition) is 2. The van der Waals surface area contributed by atoms with Gasteiger partial charge in [-0.2, -0.15) is 0 Å². The Kier molecular flexibility index (Phi) is 3.42. The highest BCUT2D eigenvalue weighted by Crippen LogP contribution is 2.29. The van der Waals surface area contributed by atoms with Crippen molar-refractivity contribution in [3.8, 4) is 11.1 Å². The lowest BCUT2D eigenvalue weighted by Gasteiger charge is -2.16. The van der Waals surface area contributed by atoms with E-state index in [1.54, 1.807) is 4.90 Å². The van der Waals surface area contributed by atoms with Crippen LogP contribution in [0.3, 0.4) is 0 Å². The van der Waals surface area contributed by atoms with Gasteiger partial charge in [0.1, 0.15) is 6.04 Å². The quantitative estimate of drug-likeness (QED) is 0.926. The van der Waals surface area contributed by atoms with Crippen LogP contribution in [0.25, 0.3) is 11.1 Å². The molecule has 2 aromatic carbocycles. The smallest absolute Gasteiger partial charge is 0.244 e. The van der Waals surface area contributed by atoms with Crippen molar-refractivity contribution in [2.24, 2.45) is 0 Å². The van der Waals surface area contributed by atoms with Gasteiger partial charge in [-0.3, -0.25) is 4.79 Å². The average Bonchev–Trinajstić information content (AvgIpc) is 2.81. The Morgan fingerprint density at radius 3 is 2.45 bits per heavy atom. The van der Waals surface area contributed by atoms with Crippen LogP contribution < -0.4 is 5.32 Å². The third-order valence-corrected chi connectivity index (χ3v) is 3.77. The first-order chi connectivity index (χ1) is 9.75. The molecule has 0 spiro atoms. The first-order valence-electron chi connectivity index (χ1n) is 6.91. The zero-order valence-corrected chi connectivity index (χ0v) is 11.5. The second kappa shape index (κ2) is 5.37. The summed E-state index contributed by atoms with van der Waals surface area (Å²) in [5.74, 6) is 0.174. The summed E-state index contributed by atoms with van der Waals surface area (Å²) in [6.07, 6.45) is 0.860. The largest absolute Gasteiger partial charge is 0.373 e. The minimum atomic E-state index is -0.107. The van der Waals surface area contributed by atoms with E-state index in [2.05, 4.69) is 23.5 Å². The molecule has 0 bridgehead atoms. The average molecular weight is 266 g/mol. The van der Waals surface area contributed by atoms with Crippen molar-refractivity contribution < 1.29 is 4.79 Å². The van der Waals surface area contributed by atoms with Gasteiger partial charge in [0.15, 0.2) is 0 Å². The summed E-state index contributed by atoms with van der Waals surface area (Å²) in [4.78, 5) is 13.8. The monoisotopic (exact) mass is 266 g/mol. The molecule has 1 aliphatic rings. The van der Waals surface area contributed by atoms with Crippen molar-refractivity contribution in [1.82, 2.24) is 4.90 Å². The van der Waals surface area contributed by atoms with Crippen LogP contribution in [0.15, 0.2) is 54.6 Å². The standard InChI is InChI=1S/C17H18N2O/c1-19-12-11-16(17(19)20)18-15-10-6-5-9-14(15)13-7-3-2-4-8-13/h2-10,16,18H,11-12H2,1H3. The molecule has 0 radical (unpaired) electrons. The summed E-state index contributed by atoms with van der Waals surface area (Å²) in [5, 5.41) is 3.40. The molecule has 1 atom stereocenters. The Morgan fingerprint density at radius 2 is 1.75 bits per heavy atom. The molecule has 1 saturated heterocycles. The number of likely N-dealkylation sites (tertiary alicyclic amines) is 1. The van der Waals surface area contributed by atoms with Gasteiger partial charge in [-0.05, 0) is 18.1 Å². The third-order valence-electron chi connectivity index (χ3n) is 3.77. The molecule has 0 aromatic heterocycles. The van der Waals surface area contributed by atoms with Crippen LogP contribution >= 0.6 is 0 Å². The molecule has 3 nitrogen and oxygen atoms in total. The summed E-state index contributed by atoms with van der Waals surface area (Å²) >= 11 is 0. The highest BCUT2D eigenvalue weighted by atomic mass is 16.2. The van der Waals surface area contributed by atoms with E-state index < -0.39 is 0 Å². The van der Waals surface area contributed by atoms with E-state index in [1.807, 2.05) is 43.4 Å². The number of amides is 1. The van der Waals surface area contributed by atoms with Crippen molar-refractivity contribution in [1.29, 1.82) is 0 Å². The molecule has 0 saturated carbocycles. The summed E-state index contributed by atoms with van der Waals surface area (Å²) < 4.78 is 0. The Hall–Kier alpha value is -2.29. The number of benzene rings is 2. The Balaban J connectivity index is 1.89. The van der Waals surface area contributed by atoms with Crippen LogP contribution in [-0.4, -0.2) is 30.4 Å². The minimum absolute atomic E-state index is 0.107. The molecule has 0 aliphatic carbocycles. The third kappa shape index (κ3) is 2.39. The van der Waals surface area contributed by atoms with E-state index >= 15 is 0 Å². The molecule has 1 fully saturated rings. The van der Waals surface area contributed by atoms with E-state index in [4.69, 9.17) is 0 Å². The first-order valence-corrected chi connectivity index (χ1v) is 6.91. The van der Waals surface area contributed by atoms with Gasteiger partial charge >= 0.3 is 0 Å². The maximum absolute atomic E-state index is 12.0. The van der Waals surface area contributed by atoms with Crippen LogP contribution in [0.2, 0.25) is 0 Å². The molecular weight excluding hydrogens is 248 g/mol. The van der Waals surface area contributed by atoms with E-state index in [1.165, 1.54) is 0 Å². The van der Waals surface area contributed by atoms with Gasteiger partial charge < -0.3 is 10.2 Å². The van der Waals surface area contributed by atoms with Gasteiger partial charge in [0, 0.05) is 24.8 Å². The maximum Gasteiger partial charge on any atom is 0.244 e. The molecule has 3 heteroatoms. The molecule has 2 aromatic rings. The minimum Gasteiger partial charge on any atom is -0.373 e.